The van der Waals surface area contributed by atoms with Crippen LogP contribution in [0.25, 0.3) is 0 Å². The molecule has 2 rings (SSSR count). The Bertz CT molecular complexity index is 481. The summed E-state index contributed by atoms with van der Waals surface area (Å²) < 4.78 is 15.7. The number of fused-ring (bicyclic) bond motifs is 1. The number of benzene rings is 1. The summed E-state index contributed by atoms with van der Waals surface area (Å²) in [6.45, 7) is 1.97. The minimum atomic E-state index is -0.0566. The van der Waals surface area contributed by atoms with Crippen molar-refractivity contribution in [1.29, 1.82) is 0 Å². The fourth-order valence-electron chi connectivity index (χ4n) is 2.21. The Morgan fingerprint density at radius 2 is 2.29 bits per heavy atom. The maximum Gasteiger partial charge on any atom is 0.222 e. The van der Waals surface area contributed by atoms with Gasteiger partial charge in [-0.15, -0.1) is 0 Å². The van der Waals surface area contributed by atoms with Gasteiger partial charge in [-0.1, -0.05) is 23.7 Å². The molecule has 0 spiro atoms. The summed E-state index contributed by atoms with van der Waals surface area (Å²) in [5.41, 5.74) is 0.933. The van der Waals surface area contributed by atoms with Crippen molar-refractivity contribution in [2.45, 2.75) is 18.9 Å². The van der Waals surface area contributed by atoms with Crippen LogP contribution < -0.4 is 10.1 Å². The molecule has 0 unspecified atom stereocenters. The van der Waals surface area contributed by atoms with Crippen LogP contribution in [0.2, 0.25) is 5.02 Å². The van der Waals surface area contributed by atoms with Crippen molar-refractivity contribution in [2.75, 3.05) is 33.5 Å². The number of hydrogen-bond donors (Lipinski definition) is 1. The second kappa shape index (κ2) is 8.22. The molecule has 0 aliphatic carbocycles. The molecule has 0 bridgehead atoms. The van der Waals surface area contributed by atoms with Gasteiger partial charge in [-0.05, 0) is 6.07 Å². The molecule has 0 aromatic heterocycles. The normalized spacial score (nSPS) is 17.0. The van der Waals surface area contributed by atoms with Crippen molar-refractivity contribution in [2.24, 2.45) is 0 Å². The number of ether oxygens (including phenoxy) is 3. The highest BCUT2D eigenvalue weighted by molar-refractivity contribution is 6.32. The van der Waals surface area contributed by atoms with Gasteiger partial charge in [0.2, 0.25) is 5.91 Å². The van der Waals surface area contributed by atoms with Crippen molar-refractivity contribution < 1.29 is 19.0 Å². The number of rotatable bonds is 7. The quantitative estimate of drug-likeness (QED) is 0.785. The monoisotopic (exact) mass is 313 g/mol. The molecular formula is C15H20ClNO4. The lowest BCUT2D eigenvalue weighted by Crippen LogP contribution is -2.32. The number of hydrogen-bond acceptors (Lipinski definition) is 4. The highest BCUT2D eigenvalue weighted by Gasteiger charge is 2.24. The molecule has 5 nitrogen and oxygen atoms in total. The summed E-state index contributed by atoms with van der Waals surface area (Å²) >= 11 is 6.11. The summed E-state index contributed by atoms with van der Waals surface area (Å²) in [6, 6.07) is 5.52. The van der Waals surface area contributed by atoms with Gasteiger partial charge >= 0.3 is 0 Å². The van der Waals surface area contributed by atoms with Gasteiger partial charge in [0.1, 0.15) is 5.75 Å². The summed E-state index contributed by atoms with van der Waals surface area (Å²) in [4.78, 5) is 11.9. The molecule has 21 heavy (non-hydrogen) atoms. The van der Waals surface area contributed by atoms with Crippen LogP contribution in [0.1, 0.15) is 24.4 Å². The lowest BCUT2D eigenvalue weighted by atomic mass is 10.0. The van der Waals surface area contributed by atoms with E-state index in [-0.39, 0.29) is 11.9 Å². The Hall–Kier alpha value is -1.30. The molecule has 1 aromatic carbocycles. The highest BCUT2D eigenvalue weighted by atomic mass is 35.5. The first kappa shape index (κ1) is 16.1. The molecule has 6 heteroatoms. The number of carbonyl (C=O) groups excluding carboxylic acids is 1. The van der Waals surface area contributed by atoms with Crippen LogP contribution in [0.4, 0.5) is 0 Å². The lowest BCUT2D eigenvalue weighted by molar-refractivity contribution is -0.123. The zero-order chi connectivity index (χ0) is 15.1. The van der Waals surface area contributed by atoms with Gasteiger partial charge < -0.3 is 19.5 Å². The highest BCUT2D eigenvalue weighted by Crippen LogP contribution is 2.37. The lowest BCUT2D eigenvalue weighted by Gasteiger charge is -2.27. The molecule has 116 valence electrons. The van der Waals surface area contributed by atoms with Crippen LogP contribution in [0.3, 0.4) is 0 Å². The summed E-state index contributed by atoms with van der Waals surface area (Å²) in [5.74, 6) is 0.636. The van der Waals surface area contributed by atoms with Gasteiger partial charge in [0, 0.05) is 25.5 Å². The third kappa shape index (κ3) is 4.59. The van der Waals surface area contributed by atoms with Crippen LogP contribution in [-0.4, -0.2) is 39.4 Å². The molecule has 1 aliphatic heterocycles. The van der Waals surface area contributed by atoms with Crippen molar-refractivity contribution in [3.8, 4) is 5.75 Å². The van der Waals surface area contributed by atoms with E-state index < -0.39 is 0 Å². The fourth-order valence-corrected chi connectivity index (χ4v) is 2.45. The van der Waals surface area contributed by atoms with E-state index in [1.165, 1.54) is 0 Å². The summed E-state index contributed by atoms with van der Waals surface area (Å²) in [5, 5.41) is 3.58. The van der Waals surface area contributed by atoms with Crippen molar-refractivity contribution >= 4 is 17.5 Å². The number of methoxy groups -OCH3 is 1. The van der Waals surface area contributed by atoms with E-state index >= 15 is 0 Å². The number of carbonyl (C=O) groups is 1. The number of halogens is 1. The number of nitrogens with one attached hydrogen (secondary N) is 1. The first-order valence-electron chi connectivity index (χ1n) is 6.99. The van der Waals surface area contributed by atoms with E-state index in [2.05, 4.69) is 5.32 Å². The van der Waals surface area contributed by atoms with Gasteiger partial charge in [-0.3, -0.25) is 4.79 Å². The van der Waals surface area contributed by atoms with Gasteiger partial charge in [0.05, 0.1) is 37.5 Å². The van der Waals surface area contributed by atoms with Crippen LogP contribution in [0.5, 0.6) is 5.75 Å². The predicted octanol–water partition coefficient (Wildman–Crippen LogP) is 2.33. The molecule has 0 fully saturated rings. The van der Waals surface area contributed by atoms with E-state index in [4.69, 9.17) is 25.8 Å². The van der Waals surface area contributed by atoms with Gasteiger partial charge in [-0.25, -0.2) is 0 Å². The van der Waals surface area contributed by atoms with E-state index in [0.717, 1.165) is 12.0 Å². The van der Waals surface area contributed by atoms with Gasteiger partial charge in [0.15, 0.2) is 0 Å². The molecule has 0 saturated carbocycles. The van der Waals surface area contributed by atoms with E-state index in [1.54, 1.807) is 13.2 Å². The van der Waals surface area contributed by atoms with Gasteiger partial charge in [-0.2, -0.15) is 0 Å². The zero-order valence-corrected chi connectivity index (χ0v) is 12.8. The van der Waals surface area contributed by atoms with Crippen molar-refractivity contribution in [3.05, 3.63) is 28.8 Å². The second-order valence-corrected chi connectivity index (χ2v) is 5.18. The first-order chi connectivity index (χ1) is 10.2. The SMILES string of the molecule is COCCOCCC(=O)N[C@H]1CCOc2c(Cl)cccc21. The smallest absolute Gasteiger partial charge is 0.222 e. The number of para-hydroxylation sites is 1. The molecule has 1 N–H and O–H groups in total. The average Bonchev–Trinajstić information content (AvgIpc) is 2.48. The minimum absolute atomic E-state index is 0.0368. The fraction of sp³-hybridized carbons (Fsp3) is 0.533. The average molecular weight is 314 g/mol. The molecule has 1 heterocycles. The minimum Gasteiger partial charge on any atom is -0.492 e. The Labute approximate surface area is 129 Å². The molecule has 1 atom stereocenters. The largest absolute Gasteiger partial charge is 0.492 e. The Kier molecular flexibility index (Phi) is 6.29. The molecule has 1 amide bonds. The van der Waals surface area contributed by atoms with Crippen LogP contribution in [0, 0.1) is 0 Å². The third-order valence-corrected chi connectivity index (χ3v) is 3.56. The predicted molar refractivity (Wildman–Crippen MR) is 79.8 cm³/mol. The number of amides is 1. The first-order valence-corrected chi connectivity index (χ1v) is 7.37. The topological polar surface area (TPSA) is 56.8 Å². The van der Waals surface area contributed by atoms with Gasteiger partial charge in [0.25, 0.3) is 0 Å². The second-order valence-electron chi connectivity index (χ2n) is 4.77. The summed E-state index contributed by atoms with van der Waals surface area (Å²) in [6.07, 6.45) is 1.07. The van der Waals surface area contributed by atoms with E-state index in [1.807, 2.05) is 12.1 Å². The zero-order valence-electron chi connectivity index (χ0n) is 12.1. The molecule has 0 radical (unpaired) electrons. The summed E-state index contributed by atoms with van der Waals surface area (Å²) in [7, 11) is 1.61. The standard InChI is InChI=1S/C15H20ClNO4/c1-19-9-10-20-7-6-14(18)17-13-5-8-21-15-11(13)3-2-4-12(15)16/h2-4,13H,5-10H2,1H3,(H,17,18)/t13-/m0/s1. The van der Waals surface area contributed by atoms with E-state index in [0.29, 0.717) is 43.6 Å². The Morgan fingerprint density at radius 3 is 3.10 bits per heavy atom. The Morgan fingerprint density at radius 1 is 1.43 bits per heavy atom. The molecule has 0 saturated heterocycles. The molecule has 1 aromatic rings. The molecule has 1 aliphatic rings. The van der Waals surface area contributed by atoms with Crippen LogP contribution >= 0.6 is 11.6 Å². The van der Waals surface area contributed by atoms with Crippen molar-refractivity contribution in [3.63, 3.8) is 0 Å². The Balaban J connectivity index is 1.84. The maximum atomic E-state index is 11.9. The third-order valence-electron chi connectivity index (χ3n) is 3.27. The van der Waals surface area contributed by atoms with Crippen LogP contribution in [-0.2, 0) is 14.3 Å². The van der Waals surface area contributed by atoms with Crippen LogP contribution in [0.15, 0.2) is 18.2 Å². The maximum absolute atomic E-state index is 11.9. The van der Waals surface area contributed by atoms with E-state index in [9.17, 15) is 4.79 Å². The molecular weight excluding hydrogens is 294 g/mol. The van der Waals surface area contributed by atoms with Crippen molar-refractivity contribution in [1.82, 2.24) is 5.32 Å².